The Morgan fingerprint density at radius 3 is 2.50 bits per heavy atom. The zero-order valence-corrected chi connectivity index (χ0v) is 17.2. The number of methoxy groups -OCH3 is 1. The largest absolute Gasteiger partial charge is 0.466 e. The average Bonchev–Trinajstić information content (AvgIpc) is 3.10. The molecule has 2 aromatic carbocycles. The third kappa shape index (κ3) is 4.32. The molecule has 28 heavy (non-hydrogen) atoms. The molecule has 0 spiro atoms. The lowest BCUT2D eigenvalue weighted by atomic mass is 9.95. The first-order chi connectivity index (χ1) is 13.5. The molecule has 1 unspecified atom stereocenters. The highest BCUT2D eigenvalue weighted by Crippen LogP contribution is 2.26. The van der Waals surface area contributed by atoms with Crippen molar-refractivity contribution in [1.82, 2.24) is 10.9 Å². The lowest BCUT2D eigenvalue weighted by Crippen LogP contribution is -2.37. The van der Waals surface area contributed by atoms with Crippen LogP contribution >= 0.6 is 15.9 Å². The standard InChI is InChI=1S/C21H21BrN4O2/c1-13-18(21(27)28-2)20(26-25-13)17(12-24-16-6-4-3-5-7-16)19(23)14-8-10-15(22)11-9-14/h3-12,20,25-26H,23H2,1-2H3. The summed E-state index contributed by atoms with van der Waals surface area (Å²) in [5.74, 6) is -0.422. The normalized spacial score (nSPS) is 17.5. The summed E-state index contributed by atoms with van der Waals surface area (Å²) in [5.41, 5.74) is 16.6. The second kappa shape index (κ2) is 8.86. The van der Waals surface area contributed by atoms with E-state index in [1.54, 1.807) is 13.1 Å². The van der Waals surface area contributed by atoms with Gasteiger partial charge >= 0.3 is 5.97 Å². The van der Waals surface area contributed by atoms with E-state index in [9.17, 15) is 4.79 Å². The third-order valence-corrected chi connectivity index (χ3v) is 4.92. The Morgan fingerprint density at radius 1 is 1.18 bits per heavy atom. The van der Waals surface area contributed by atoms with E-state index in [4.69, 9.17) is 10.5 Å². The monoisotopic (exact) mass is 440 g/mol. The molecule has 1 heterocycles. The molecule has 0 fully saturated rings. The quantitative estimate of drug-likeness (QED) is 0.489. The molecule has 0 saturated heterocycles. The van der Waals surface area contributed by atoms with Gasteiger partial charge in [-0.15, -0.1) is 0 Å². The SMILES string of the molecule is COC(=O)C1=C(C)NNC1C(C=Nc1ccccc1)=C(N)c1ccc(Br)cc1. The fourth-order valence-corrected chi connectivity index (χ4v) is 3.17. The van der Waals surface area contributed by atoms with Gasteiger partial charge in [-0.3, -0.25) is 4.99 Å². The molecule has 3 rings (SSSR count). The first kappa shape index (κ1) is 19.9. The van der Waals surface area contributed by atoms with Gasteiger partial charge in [0.2, 0.25) is 0 Å². The number of carbonyl (C=O) groups is 1. The zero-order chi connectivity index (χ0) is 20.1. The van der Waals surface area contributed by atoms with Crippen molar-refractivity contribution in [2.75, 3.05) is 7.11 Å². The minimum Gasteiger partial charge on any atom is -0.466 e. The van der Waals surface area contributed by atoms with Gasteiger partial charge in [-0.25, -0.2) is 10.2 Å². The number of carbonyl (C=O) groups excluding carboxylic acids is 1. The molecule has 1 atom stereocenters. The molecular formula is C21H21BrN4O2. The summed E-state index contributed by atoms with van der Waals surface area (Å²) in [5, 5.41) is 0. The van der Waals surface area contributed by atoms with Gasteiger partial charge in [-0.05, 0) is 36.8 Å². The van der Waals surface area contributed by atoms with Gasteiger partial charge < -0.3 is 15.9 Å². The third-order valence-electron chi connectivity index (χ3n) is 4.39. The number of aliphatic imine (C=N–C) groups is 1. The molecule has 1 aliphatic heterocycles. The van der Waals surface area contributed by atoms with E-state index < -0.39 is 12.0 Å². The van der Waals surface area contributed by atoms with Crippen LogP contribution in [0.2, 0.25) is 0 Å². The van der Waals surface area contributed by atoms with E-state index in [1.807, 2.05) is 54.6 Å². The van der Waals surface area contributed by atoms with Gasteiger partial charge in [0.05, 0.1) is 24.4 Å². The summed E-state index contributed by atoms with van der Waals surface area (Å²) < 4.78 is 5.91. The fraction of sp³-hybridized carbons (Fsp3) is 0.143. The molecule has 0 saturated carbocycles. The van der Waals surface area contributed by atoms with Crippen LogP contribution in [0.4, 0.5) is 5.69 Å². The van der Waals surface area contributed by atoms with Crippen LogP contribution in [0, 0.1) is 0 Å². The maximum atomic E-state index is 12.3. The number of nitrogens with zero attached hydrogens (tertiary/aromatic N) is 1. The van der Waals surface area contributed by atoms with Crippen molar-refractivity contribution in [2.45, 2.75) is 13.0 Å². The molecule has 0 amide bonds. The van der Waals surface area contributed by atoms with Crippen LogP contribution < -0.4 is 16.6 Å². The van der Waals surface area contributed by atoms with Crippen molar-refractivity contribution in [2.24, 2.45) is 10.7 Å². The number of benzene rings is 2. The lowest BCUT2D eigenvalue weighted by Gasteiger charge is -2.17. The second-order valence-corrected chi connectivity index (χ2v) is 7.12. The lowest BCUT2D eigenvalue weighted by molar-refractivity contribution is -0.136. The van der Waals surface area contributed by atoms with Crippen molar-refractivity contribution >= 4 is 39.5 Å². The summed E-state index contributed by atoms with van der Waals surface area (Å²) in [7, 11) is 1.36. The van der Waals surface area contributed by atoms with Crippen LogP contribution in [0.25, 0.3) is 5.70 Å². The number of nitrogens with two attached hydrogens (primary N) is 1. The predicted molar refractivity (Wildman–Crippen MR) is 115 cm³/mol. The number of esters is 1. The number of ether oxygens (including phenoxy) is 1. The molecule has 4 N–H and O–H groups in total. The molecule has 6 nitrogen and oxygen atoms in total. The number of hydrogen-bond donors (Lipinski definition) is 3. The van der Waals surface area contributed by atoms with Crippen LogP contribution in [0.15, 0.2) is 80.9 Å². The molecule has 0 bridgehead atoms. The Hall–Kier alpha value is -2.90. The number of halogens is 1. The highest BCUT2D eigenvalue weighted by atomic mass is 79.9. The molecule has 0 aromatic heterocycles. The van der Waals surface area contributed by atoms with Gasteiger partial charge in [0.15, 0.2) is 0 Å². The molecule has 0 aliphatic carbocycles. The van der Waals surface area contributed by atoms with E-state index in [-0.39, 0.29) is 0 Å². The van der Waals surface area contributed by atoms with E-state index in [1.165, 1.54) is 7.11 Å². The summed E-state index contributed by atoms with van der Waals surface area (Å²) in [6.45, 7) is 1.81. The van der Waals surface area contributed by atoms with Gasteiger partial charge in [0.25, 0.3) is 0 Å². The number of rotatable bonds is 5. The Morgan fingerprint density at radius 2 is 1.86 bits per heavy atom. The highest BCUT2D eigenvalue weighted by molar-refractivity contribution is 9.10. The van der Waals surface area contributed by atoms with Crippen molar-refractivity contribution in [3.63, 3.8) is 0 Å². The van der Waals surface area contributed by atoms with Gasteiger partial charge in [0.1, 0.15) is 0 Å². The number of hydrogen-bond acceptors (Lipinski definition) is 6. The van der Waals surface area contributed by atoms with Crippen molar-refractivity contribution in [1.29, 1.82) is 0 Å². The van der Waals surface area contributed by atoms with Crippen molar-refractivity contribution < 1.29 is 9.53 Å². The molecule has 144 valence electrons. The summed E-state index contributed by atoms with van der Waals surface area (Å²) in [6.07, 6.45) is 1.69. The Bertz CT molecular complexity index is 950. The minimum atomic E-state index is -0.497. The van der Waals surface area contributed by atoms with Crippen LogP contribution in [-0.4, -0.2) is 25.3 Å². The first-order valence-corrected chi connectivity index (χ1v) is 9.46. The number of allylic oxidation sites excluding steroid dienone is 1. The first-order valence-electron chi connectivity index (χ1n) is 8.66. The van der Waals surface area contributed by atoms with Gasteiger partial charge in [0, 0.05) is 27.7 Å². The topological polar surface area (TPSA) is 88.7 Å². The van der Waals surface area contributed by atoms with Gasteiger partial charge in [-0.2, -0.15) is 0 Å². The molecular weight excluding hydrogens is 420 g/mol. The minimum absolute atomic E-state index is 0.422. The number of nitrogens with one attached hydrogen (secondary N) is 2. The second-order valence-electron chi connectivity index (χ2n) is 6.20. The fourth-order valence-electron chi connectivity index (χ4n) is 2.90. The smallest absolute Gasteiger partial charge is 0.337 e. The molecule has 2 aromatic rings. The van der Waals surface area contributed by atoms with E-state index >= 15 is 0 Å². The Balaban J connectivity index is 2.09. The number of para-hydroxylation sites is 1. The average molecular weight is 441 g/mol. The highest BCUT2D eigenvalue weighted by Gasteiger charge is 2.33. The van der Waals surface area contributed by atoms with Crippen molar-refractivity contribution in [3.05, 3.63) is 81.5 Å². The summed E-state index contributed by atoms with van der Waals surface area (Å²) in [4.78, 5) is 16.9. The predicted octanol–water partition coefficient (Wildman–Crippen LogP) is 3.44. The maximum Gasteiger partial charge on any atom is 0.337 e. The summed E-state index contributed by atoms with van der Waals surface area (Å²) in [6, 6.07) is 16.7. The zero-order valence-electron chi connectivity index (χ0n) is 15.6. The Kier molecular flexibility index (Phi) is 6.28. The van der Waals surface area contributed by atoms with Crippen LogP contribution in [0.3, 0.4) is 0 Å². The van der Waals surface area contributed by atoms with Crippen LogP contribution in [0.5, 0.6) is 0 Å². The Labute approximate surface area is 172 Å². The summed E-state index contributed by atoms with van der Waals surface area (Å²) >= 11 is 3.43. The maximum absolute atomic E-state index is 12.3. The van der Waals surface area contributed by atoms with Crippen LogP contribution in [-0.2, 0) is 9.53 Å². The molecule has 1 aliphatic rings. The number of hydrazine groups is 1. The van der Waals surface area contributed by atoms with Gasteiger partial charge in [-0.1, -0.05) is 46.3 Å². The van der Waals surface area contributed by atoms with Crippen molar-refractivity contribution in [3.8, 4) is 0 Å². The van der Waals surface area contributed by atoms with E-state index in [0.717, 1.165) is 15.7 Å². The molecule has 0 radical (unpaired) electrons. The van der Waals surface area contributed by atoms with Crippen LogP contribution in [0.1, 0.15) is 12.5 Å². The molecule has 7 heteroatoms. The van der Waals surface area contributed by atoms with E-state index in [2.05, 4.69) is 31.8 Å². The van der Waals surface area contributed by atoms with E-state index in [0.29, 0.717) is 22.5 Å².